The molecule has 0 heterocycles. The van der Waals surface area contributed by atoms with E-state index in [4.69, 9.17) is 14.2 Å². The maximum atomic E-state index is 12.6. The van der Waals surface area contributed by atoms with Crippen LogP contribution in [0.3, 0.4) is 0 Å². The molecule has 9 nitrogen and oxygen atoms in total. The largest absolute Gasteiger partial charge is 0.497 e. The Balaban J connectivity index is 1.75. The van der Waals surface area contributed by atoms with Gasteiger partial charge in [0.1, 0.15) is 24.0 Å². The van der Waals surface area contributed by atoms with Crippen molar-refractivity contribution in [3.63, 3.8) is 0 Å². The monoisotopic (exact) mass is 613 g/mol. The first kappa shape index (κ1) is 27.5. The molecule has 1 N–H and O–H groups in total. The molecule has 0 aliphatic rings. The summed E-state index contributed by atoms with van der Waals surface area (Å²) in [5, 5.41) is 23.2. The molecular formula is C27H24IN3O6. The molecule has 0 aromatic heterocycles. The summed E-state index contributed by atoms with van der Waals surface area (Å²) in [5.74, 6) is 1.18. The van der Waals surface area contributed by atoms with Gasteiger partial charge < -0.3 is 19.5 Å². The van der Waals surface area contributed by atoms with Crippen LogP contribution in [0.15, 0.2) is 66.2 Å². The Kier molecular flexibility index (Phi) is 9.85. The van der Waals surface area contributed by atoms with Crippen molar-refractivity contribution < 1.29 is 23.9 Å². The van der Waals surface area contributed by atoms with Crippen molar-refractivity contribution in [3.05, 3.63) is 96.6 Å². The lowest BCUT2D eigenvalue weighted by atomic mass is 10.1. The maximum Gasteiger partial charge on any atom is 0.269 e. The lowest BCUT2D eigenvalue weighted by molar-refractivity contribution is -0.384. The number of nitrogens with zero attached hydrogens (tertiary/aromatic N) is 2. The molecule has 1 amide bonds. The van der Waals surface area contributed by atoms with Gasteiger partial charge in [-0.1, -0.05) is 12.1 Å². The fourth-order valence-electron chi connectivity index (χ4n) is 3.28. The number of non-ortho nitro benzene ring substituents is 1. The van der Waals surface area contributed by atoms with Gasteiger partial charge in [-0.05, 0) is 88.7 Å². The number of rotatable bonds is 11. The van der Waals surface area contributed by atoms with Crippen LogP contribution < -0.4 is 19.5 Å². The molecule has 3 aromatic rings. The number of methoxy groups -OCH3 is 1. The summed E-state index contributed by atoms with van der Waals surface area (Å²) >= 11 is 2.10. The van der Waals surface area contributed by atoms with Crippen molar-refractivity contribution in [1.29, 1.82) is 5.26 Å². The first-order chi connectivity index (χ1) is 17.8. The van der Waals surface area contributed by atoms with Crippen molar-refractivity contribution in [1.82, 2.24) is 5.32 Å². The SMILES string of the molecule is CCOc1cc(/C=C(/C#N)C(=O)NCc2ccc(OC)cc2)cc(I)c1OCc1ccc([N+](=O)[O-])cc1. The summed E-state index contributed by atoms with van der Waals surface area (Å²) in [6.45, 7) is 2.66. The second-order valence-corrected chi connectivity index (χ2v) is 8.84. The van der Waals surface area contributed by atoms with Gasteiger partial charge in [0.2, 0.25) is 0 Å². The van der Waals surface area contributed by atoms with E-state index in [0.29, 0.717) is 33.0 Å². The second kappa shape index (κ2) is 13.3. The summed E-state index contributed by atoms with van der Waals surface area (Å²) in [7, 11) is 1.58. The summed E-state index contributed by atoms with van der Waals surface area (Å²) in [6, 6.07) is 18.8. The Morgan fingerprint density at radius 1 is 1.11 bits per heavy atom. The standard InChI is InChI=1S/C27H24IN3O6/c1-3-36-25-14-20(12-21(15-29)27(32)30-16-18-6-10-23(35-2)11-7-18)13-24(28)26(25)37-17-19-4-8-22(9-5-19)31(33)34/h4-14H,3,16-17H2,1-2H3,(H,30,32)/b21-12-. The smallest absolute Gasteiger partial charge is 0.269 e. The molecule has 0 unspecified atom stereocenters. The van der Waals surface area contributed by atoms with E-state index in [1.807, 2.05) is 25.1 Å². The van der Waals surface area contributed by atoms with E-state index in [1.165, 1.54) is 18.2 Å². The van der Waals surface area contributed by atoms with Gasteiger partial charge in [-0.3, -0.25) is 14.9 Å². The van der Waals surface area contributed by atoms with Crippen molar-refractivity contribution in [2.24, 2.45) is 0 Å². The van der Waals surface area contributed by atoms with Crippen LogP contribution >= 0.6 is 22.6 Å². The van der Waals surface area contributed by atoms with Gasteiger partial charge in [-0.25, -0.2) is 0 Å². The summed E-state index contributed by atoms with van der Waals surface area (Å²) in [5.41, 5.74) is 2.19. The zero-order valence-corrected chi connectivity index (χ0v) is 22.4. The fraction of sp³-hybridized carbons (Fsp3) is 0.185. The number of amides is 1. The molecule has 190 valence electrons. The number of hydrogen-bond acceptors (Lipinski definition) is 7. The Morgan fingerprint density at radius 3 is 2.38 bits per heavy atom. The topological polar surface area (TPSA) is 124 Å². The number of nitro groups is 1. The summed E-state index contributed by atoms with van der Waals surface area (Å²) in [4.78, 5) is 23.0. The van der Waals surface area contributed by atoms with E-state index < -0.39 is 10.8 Å². The number of hydrogen-bond donors (Lipinski definition) is 1. The molecule has 3 rings (SSSR count). The Morgan fingerprint density at radius 2 is 1.78 bits per heavy atom. The van der Waals surface area contributed by atoms with Crippen LogP contribution in [0, 0.1) is 25.0 Å². The fourth-order valence-corrected chi connectivity index (χ4v) is 4.06. The minimum absolute atomic E-state index is 0.00538. The third-order valence-corrected chi connectivity index (χ3v) is 5.95. The first-order valence-corrected chi connectivity index (χ1v) is 12.3. The highest BCUT2D eigenvalue weighted by Crippen LogP contribution is 2.35. The molecule has 0 saturated carbocycles. The summed E-state index contributed by atoms with van der Waals surface area (Å²) in [6.07, 6.45) is 1.49. The third-order valence-electron chi connectivity index (χ3n) is 5.15. The number of carbonyl (C=O) groups excluding carboxylic acids is 1. The predicted octanol–water partition coefficient (Wildman–Crippen LogP) is 5.41. The van der Waals surface area contributed by atoms with Gasteiger partial charge >= 0.3 is 0 Å². The Labute approximate surface area is 227 Å². The summed E-state index contributed by atoms with van der Waals surface area (Å²) < 4.78 is 17.6. The van der Waals surface area contributed by atoms with Crippen molar-refractivity contribution in [3.8, 4) is 23.3 Å². The minimum Gasteiger partial charge on any atom is -0.497 e. The van der Waals surface area contributed by atoms with Gasteiger partial charge in [0.05, 0.1) is 22.2 Å². The van der Waals surface area contributed by atoms with Gasteiger partial charge in [0, 0.05) is 18.7 Å². The zero-order chi connectivity index (χ0) is 26.8. The highest BCUT2D eigenvalue weighted by atomic mass is 127. The van der Waals surface area contributed by atoms with Crippen LogP contribution in [-0.2, 0) is 17.9 Å². The molecule has 0 saturated heterocycles. The molecule has 0 spiro atoms. The van der Waals surface area contributed by atoms with Gasteiger partial charge in [0.15, 0.2) is 11.5 Å². The average molecular weight is 613 g/mol. The Bertz CT molecular complexity index is 1330. The first-order valence-electron chi connectivity index (χ1n) is 11.2. The lowest BCUT2D eigenvalue weighted by Gasteiger charge is -2.15. The normalized spacial score (nSPS) is 10.8. The number of nitriles is 1. The molecule has 0 bridgehead atoms. The van der Waals surface area contributed by atoms with Crippen molar-refractivity contribution >= 4 is 40.3 Å². The van der Waals surface area contributed by atoms with Crippen molar-refractivity contribution in [2.75, 3.05) is 13.7 Å². The molecular weight excluding hydrogens is 589 g/mol. The number of halogens is 1. The highest BCUT2D eigenvalue weighted by Gasteiger charge is 2.15. The number of carbonyl (C=O) groups is 1. The zero-order valence-electron chi connectivity index (χ0n) is 20.2. The second-order valence-electron chi connectivity index (χ2n) is 7.68. The number of nitro benzene ring substituents is 1. The van der Waals surface area contributed by atoms with Crippen LogP contribution in [0.25, 0.3) is 6.08 Å². The van der Waals surface area contributed by atoms with Gasteiger partial charge in [-0.2, -0.15) is 5.26 Å². The lowest BCUT2D eigenvalue weighted by Crippen LogP contribution is -2.23. The quantitative estimate of drug-likeness (QED) is 0.101. The van der Waals surface area contributed by atoms with E-state index in [1.54, 1.807) is 43.5 Å². The molecule has 0 atom stereocenters. The third kappa shape index (κ3) is 7.68. The molecule has 3 aromatic carbocycles. The van der Waals surface area contributed by atoms with Crippen LogP contribution in [0.4, 0.5) is 5.69 Å². The van der Waals surface area contributed by atoms with Gasteiger partial charge in [-0.15, -0.1) is 0 Å². The van der Waals surface area contributed by atoms with E-state index in [-0.39, 0.29) is 24.4 Å². The highest BCUT2D eigenvalue weighted by molar-refractivity contribution is 14.1. The van der Waals surface area contributed by atoms with Crippen molar-refractivity contribution in [2.45, 2.75) is 20.1 Å². The number of nitrogens with one attached hydrogen (secondary N) is 1. The molecule has 0 aliphatic heterocycles. The van der Waals surface area contributed by atoms with Gasteiger partial charge in [0.25, 0.3) is 11.6 Å². The van der Waals surface area contributed by atoms with E-state index >= 15 is 0 Å². The molecule has 10 heteroatoms. The molecule has 0 aliphatic carbocycles. The number of benzene rings is 3. The predicted molar refractivity (Wildman–Crippen MR) is 146 cm³/mol. The van der Waals surface area contributed by atoms with E-state index in [0.717, 1.165) is 11.1 Å². The minimum atomic E-state index is -0.496. The maximum absolute atomic E-state index is 12.6. The van der Waals surface area contributed by atoms with E-state index in [9.17, 15) is 20.2 Å². The van der Waals surface area contributed by atoms with Crippen LogP contribution in [0.5, 0.6) is 17.2 Å². The number of ether oxygens (including phenoxy) is 3. The van der Waals surface area contributed by atoms with Crippen LogP contribution in [0.2, 0.25) is 0 Å². The molecule has 37 heavy (non-hydrogen) atoms. The molecule has 0 radical (unpaired) electrons. The van der Waals surface area contributed by atoms with Crippen LogP contribution in [0.1, 0.15) is 23.6 Å². The molecule has 0 fully saturated rings. The van der Waals surface area contributed by atoms with E-state index in [2.05, 4.69) is 27.9 Å². The average Bonchev–Trinajstić information content (AvgIpc) is 2.90. The Hall–Kier alpha value is -4.11. The van der Waals surface area contributed by atoms with Crippen LogP contribution in [-0.4, -0.2) is 24.5 Å².